The average Bonchev–Trinajstić information content (AvgIpc) is 3.70. The normalized spacial score (nSPS) is 16.1. The van der Waals surface area contributed by atoms with Crippen LogP contribution in [0, 0.1) is 0 Å². The number of rotatable bonds is 34. The summed E-state index contributed by atoms with van der Waals surface area (Å²) in [6, 6.07) is 0. The van der Waals surface area contributed by atoms with Gasteiger partial charge in [-0.15, -0.1) is 0 Å². The number of nitrogens with zero attached hydrogens (tertiary/aromatic N) is 4. The van der Waals surface area contributed by atoms with E-state index in [9.17, 15) is 0 Å². The van der Waals surface area contributed by atoms with E-state index >= 15 is 0 Å². The Labute approximate surface area is 488 Å². The Kier molecular flexibility index (Phi) is 52.8. The van der Waals surface area contributed by atoms with Gasteiger partial charge in [0.2, 0.25) is 11.7 Å². The average molecular weight is 1120 g/mol. The first kappa shape index (κ1) is 72.9. The van der Waals surface area contributed by atoms with E-state index in [1.807, 2.05) is 0 Å². The van der Waals surface area contributed by atoms with Crippen LogP contribution < -0.4 is 68.4 Å². The first-order valence-electron chi connectivity index (χ1n) is 29.4. The van der Waals surface area contributed by atoms with Crippen molar-refractivity contribution in [1.29, 1.82) is 0 Å². The molecular formula is C56H112BrKN4O6S2. The van der Waals surface area contributed by atoms with Crippen LogP contribution >= 0.6 is 0 Å². The van der Waals surface area contributed by atoms with E-state index in [4.69, 9.17) is 25.9 Å². The number of halogens is 1. The molecule has 0 radical (unpaired) electrons. The Balaban J connectivity index is 0. The summed E-state index contributed by atoms with van der Waals surface area (Å²) in [6.07, 6.45) is 62.0. The molecule has 0 aromatic heterocycles. The van der Waals surface area contributed by atoms with Crippen LogP contribution in [0.4, 0.5) is 0 Å². The summed E-state index contributed by atoms with van der Waals surface area (Å²) in [7, 11) is -7.83. The minimum atomic E-state index is -3.92. The van der Waals surface area contributed by atoms with Gasteiger partial charge in [-0.1, -0.05) is 194 Å². The third kappa shape index (κ3) is 48.5. The van der Waals surface area contributed by atoms with E-state index in [-0.39, 0.29) is 68.4 Å². The van der Waals surface area contributed by atoms with Crippen LogP contribution in [-0.2, 0) is 20.2 Å². The molecule has 4 aliphatic rings. The second kappa shape index (κ2) is 50.7. The van der Waals surface area contributed by atoms with Crippen molar-refractivity contribution in [2.24, 2.45) is 0 Å². The van der Waals surface area contributed by atoms with Crippen molar-refractivity contribution in [2.45, 2.75) is 284 Å². The molecule has 0 fully saturated rings. The van der Waals surface area contributed by atoms with Crippen LogP contribution in [0.1, 0.15) is 284 Å². The van der Waals surface area contributed by atoms with Gasteiger partial charge in [0.05, 0.1) is 72.6 Å². The van der Waals surface area contributed by atoms with Crippen LogP contribution in [0.2, 0.25) is 0 Å². The first-order chi connectivity index (χ1) is 32.8. The van der Waals surface area contributed by atoms with Crippen LogP contribution in [0.3, 0.4) is 0 Å². The molecule has 0 saturated carbocycles. The van der Waals surface area contributed by atoms with Gasteiger partial charge >= 0.3 is 51.4 Å². The van der Waals surface area contributed by atoms with Crippen molar-refractivity contribution in [3.63, 3.8) is 0 Å². The maximum absolute atomic E-state index is 9.08. The van der Waals surface area contributed by atoms with Crippen LogP contribution in [0.5, 0.6) is 0 Å². The van der Waals surface area contributed by atoms with E-state index in [0.717, 1.165) is 0 Å². The molecule has 70 heavy (non-hydrogen) atoms. The number of unbranched alkanes of at least 4 members (excludes halogenated alkanes) is 30. The third-order valence-electron chi connectivity index (χ3n) is 14.4. The molecule has 0 bridgehead atoms. The summed E-state index contributed by atoms with van der Waals surface area (Å²) in [5.74, 6) is 3.41. The number of amidine groups is 2. The second-order valence-corrected chi connectivity index (χ2v) is 23.9. The van der Waals surface area contributed by atoms with E-state index < -0.39 is 20.2 Å². The molecule has 0 atom stereocenters. The summed E-state index contributed by atoms with van der Waals surface area (Å²) in [5, 5.41) is 0. The fourth-order valence-corrected chi connectivity index (χ4v) is 10.6. The Bertz CT molecular complexity index is 1350. The standard InChI is InChI=1S/2C27H53N2.2CH4O3S.BrH.K/c2*1-2-3-4-5-6-7-8-9-10-11-12-13-14-15-16-19-23-28-25-21-26-29-24-20-17-18-22-27(28)29;2*1-5(2,3)4;;/h2*2-26H2,1H3;2*1H3,(H,2,3,4);1H;/q2*+1;;;;+1/p-3. The van der Waals surface area contributed by atoms with E-state index in [2.05, 4.69) is 32.8 Å². The Morgan fingerprint density at radius 2 is 0.586 bits per heavy atom. The van der Waals surface area contributed by atoms with Gasteiger partial charge in [-0.3, -0.25) is 19.0 Å². The van der Waals surface area contributed by atoms with Gasteiger partial charge in [0.15, 0.2) is 0 Å². The van der Waals surface area contributed by atoms with Crippen molar-refractivity contribution < 1.29 is 103 Å². The molecule has 0 N–H and O–H groups in total. The molecule has 412 valence electrons. The zero-order valence-corrected chi connectivity index (χ0v) is 53.1. The molecule has 0 amide bonds. The van der Waals surface area contributed by atoms with Gasteiger partial charge in [-0.2, -0.15) is 0 Å². The SMILES string of the molecule is CCCCCCCCCCCCCCCCCCN1CCC[N+]2=C1CCCCC2.CCCCCCCCCCCCCCCCCCN1CCC[N+]2=C1CCCCC2.CS(=O)(=O)[O-].CS(=O)(=O)[O-].[Br-].[K+]. The van der Waals surface area contributed by atoms with E-state index in [0.29, 0.717) is 12.5 Å². The molecule has 4 heterocycles. The molecule has 0 aromatic rings. The monoisotopic (exact) mass is 1120 g/mol. The second-order valence-electron chi connectivity index (χ2n) is 21.1. The molecule has 10 nitrogen and oxygen atoms in total. The molecule has 4 rings (SSSR count). The molecule has 0 spiro atoms. The minimum Gasteiger partial charge on any atom is -1.00 e. The zero-order chi connectivity index (χ0) is 49.8. The van der Waals surface area contributed by atoms with Gasteiger partial charge in [-0.25, -0.2) is 16.8 Å². The van der Waals surface area contributed by atoms with Gasteiger partial charge < -0.3 is 26.1 Å². The van der Waals surface area contributed by atoms with Gasteiger partial charge in [0, 0.05) is 38.2 Å². The quantitative estimate of drug-likeness (QED) is 0.0273. The molecular weight excluding hydrogens is 1010 g/mol. The Hall–Kier alpha value is 0.876. The molecule has 4 aliphatic heterocycles. The first-order valence-corrected chi connectivity index (χ1v) is 33.0. The van der Waals surface area contributed by atoms with Crippen LogP contribution in [-0.4, -0.2) is 121 Å². The van der Waals surface area contributed by atoms with Crippen molar-refractivity contribution in [3.05, 3.63) is 0 Å². The van der Waals surface area contributed by atoms with Gasteiger partial charge in [-0.05, 0) is 64.2 Å². The number of hydrogen-bond donors (Lipinski definition) is 0. The molecule has 14 heteroatoms. The predicted molar refractivity (Wildman–Crippen MR) is 290 cm³/mol. The molecule has 0 aliphatic carbocycles. The Morgan fingerprint density at radius 1 is 0.371 bits per heavy atom. The maximum atomic E-state index is 9.08. The summed E-state index contributed by atoms with van der Waals surface area (Å²) in [5.41, 5.74) is 0. The van der Waals surface area contributed by atoms with Crippen molar-refractivity contribution in [3.8, 4) is 0 Å². The van der Waals surface area contributed by atoms with Crippen molar-refractivity contribution >= 4 is 31.9 Å². The van der Waals surface area contributed by atoms with Gasteiger partial charge in [0.25, 0.3) is 0 Å². The molecule has 0 saturated heterocycles. The Morgan fingerprint density at radius 3 is 0.829 bits per heavy atom. The minimum absolute atomic E-state index is 0. The fraction of sp³-hybridized carbons (Fsp3) is 0.964. The van der Waals surface area contributed by atoms with Gasteiger partial charge in [0.1, 0.15) is 0 Å². The third-order valence-corrected chi connectivity index (χ3v) is 14.4. The summed E-state index contributed by atoms with van der Waals surface area (Å²) in [6.45, 7) is 15.2. The largest absolute Gasteiger partial charge is 1.00 e. The smallest absolute Gasteiger partial charge is 1.00 e. The van der Waals surface area contributed by atoms with E-state index in [1.54, 1.807) is 11.7 Å². The summed E-state index contributed by atoms with van der Waals surface area (Å²) in [4.78, 5) is 5.50. The molecule has 0 unspecified atom stereocenters. The fourth-order valence-electron chi connectivity index (χ4n) is 10.6. The zero-order valence-electron chi connectivity index (χ0n) is 46.8. The maximum Gasteiger partial charge on any atom is 1.00 e. The molecule has 0 aromatic carbocycles. The van der Waals surface area contributed by atoms with Crippen LogP contribution in [0.15, 0.2) is 0 Å². The summed E-state index contributed by atoms with van der Waals surface area (Å²) < 4.78 is 59.9. The summed E-state index contributed by atoms with van der Waals surface area (Å²) >= 11 is 0. The van der Waals surface area contributed by atoms with Crippen molar-refractivity contribution in [2.75, 3.05) is 64.9 Å². The van der Waals surface area contributed by atoms with Crippen LogP contribution in [0.25, 0.3) is 0 Å². The number of hydrogen-bond acceptors (Lipinski definition) is 8. The predicted octanol–water partition coefficient (Wildman–Crippen LogP) is 8.21. The van der Waals surface area contributed by atoms with E-state index in [1.165, 1.54) is 322 Å². The topological polar surface area (TPSA) is 127 Å². The van der Waals surface area contributed by atoms with Crippen molar-refractivity contribution in [1.82, 2.24) is 9.80 Å².